The zero-order chi connectivity index (χ0) is 22.7. The lowest BCUT2D eigenvalue weighted by Crippen LogP contribution is -2.41. The average molecular weight is 420 g/mol. The summed E-state index contributed by atoms with van der Waals surface area (Å²) in [6, 6.07) is 7.62. The van der Waals surface area contributed by atoms with Gasteiger partial charge in [-0.05, 0) is 50.8 Å². The lowest BCUT2D eigenvalue weighted by Gasteiger charge is -2.19. The number of benzene rings is 1. The maximum Gasteiger partial charge on any atom is 0.412 e. The van der Waals surface area contributed by atoms with Crippen molar-refractivity contribution in [3.05, 3.63) is 29.8 Å². The lowest BCUT2D eigenvalue weighted by atomic mass is 10.1. The minimum absolute atomic E-state index is 0.0475. The number of aliphatic imine (C=N–C) groups is 1. The Morgan fingerprint density at radius 3 is 2.27 bits per heavy atom. The fourth-order valence-corrected chi connectivity index (χ4v) is 2.26. The van der Waals surface area contributed by atoms with E-state index in [0.29, 0.717) is 24.1 Å². The van der Waals surface area contributed by atoms with E-state index in [1.807, 2.05) is 45.0 Å². The first-order valence-corrected chi connectivity index (χ1v) is 10.3. The molecule has 0 heterocycles. The molecule has 0 aliphatic heterocycles. The average Bonchev–Trinajstić information content (AvgIpc) is 2.62. The fraction of sp³-hybridized carbons (Fsp3) is 0.591. The quantitative estimate of drug-likeness (QED) is 0.445. The van der Waals surface area contributed by atoms with E-state index in [0.717, 1.165) is 18.5 Å². The first-order valence-electron chi connectivity index (χ1n) is 10.3. The van der Waals surface area contributed by atoms with Gasteiger partial charge in [-0.25, -0.2) is 9.79 Å². The molecule has 0 saturated heterocycles. The van der Waals surface area contributed by atoms with Crippen molar-refractivity contribution in [3.63, 3.8) is 0 Å². The summed E-state index contributed by atoms with van der Waals surface area (Å²) >= 11 is 0. The molecular weight excluding hydrogens is 382 g/mol. The number of nitrogens with zero attached hydrogens (tertiary/aromatic N) is 2. The third-order valence-corrected chi connectivity index (χ3v) is 3.85. The maximum atomic E-state index is 11.8. The SMILES string of the molecule is CC(C)CNC(=NCC(=O)N(C)C)NCCc1ccc(NC(=O)OC(C)(C)C)cc1. The summed E-state index contributed by atoms with van der Waals surface area (Å²) in [5.74, 6) is 1.04. The molecule has 0 spiro atoms. The van der Waals surface area contributed by atoms with Crippen LogP contribution in [-0.4, -0.2) is 62.2 Å². The largest absolute Gasteiger partial charge is 0.444 e. The van der Waals surface area contributed by atoms with E-state index in [9.17, 15) is 9.59 Å². The maximum absolute atomic E-state index is 11.8. The van der Waals surface area contributed by atoms with Crippen LogP contribution in [0.15, 0.2) is 29.3 Å². The number of guanidine groups is 1. The highest BCUT2D eigenvalue weighted by Gasteiger charge is 2.16. The van der Waals surface area contributed by atoms with Crippen LogP contribution < -0.4 is 16.0 Å². The molecule has 8 nitrogen and oxygen atoms in total. The summed E-state index contributed by atoms with van der Waals surface area (Å²) < 4.78 is 5.25. The van der Waals surface area contributed by atoms with Crippen LogP contribution in [0, 0.1) is 5.92 Å². The predicted molar refractivity (Wildman–Crippen MR) is 122 cm³/mol. The number of anilines is 1. The Hall–Kier alpha value is -2.77. The Morgan fingerprint density at radius 1 is 1.10 bits per heavy atom. The van der Waals surface area contributed by atoms with Gasteiger partial charge in [0.15, 0.2) is 5.96 Å². The molecular formula is C22H37N5O3. The lowest BCUT2D eigenvalue weighted by molar-refractivity contribution is -0.127. The van der Waals surface area contributed by atoms with Crippen LogP contribution in [-0.2, 0) is 16.0 Å². The third kappa shape index (κ3) is 11.3. The molecule has 30 heavy (non-hydrogen) atoms. The van der Waals surface area contributed by atoms with Crippen LogP contribution in [0.25, 0.3) is 0 Å². The van der Waals surface area contributed by atoms with Crippen molar-refractivity contribution in [2.75, 3.05) is 39.0 Å². The molecule has 2 amide bonds. The van der Waals surface area contributed by atoms with E-state index in [-0.39, 0.29) is 12.5 Å². The van der Waals surface area contributed by atoms with Crippen LogP contribution in [0.3, 0.4) is 0 Å². The summed E-state index contributed by atoms with van der Waals surface area (Å²) in [6.45, 7) is 11.2. The second kappa shape index (κ2) is 12.0. The molecule has 0 aromatic heterocycles. The Kier molecular flexibility index (Phi) is 10.1. The van der Waals surface area contributed by atoms with Gasteiger partial charge >= 0.3 is 6.09 Å². The molecule has 0 radical (unpaired) electrons. The number of likely N-dealkylation sites (N-methyl/N-ethyl adjacent to an activating group) is 1. The van der Waals surface area contributed by atoms with E-state index in [1.165, 1.54) is 4.90 Å². The molecule has 1 rings (SSSR count). The molecule has 0 aliphatic carbocycles. The minimum Gasteiger partial charge on any atom is -0.444 e. The first kappa shape index (κ1) is 25.3. The molecule has 168 valence electrons. The third-order valence-electron chi connectivity index (χ3n) is 3.85. The second-order valence-electron chi connectivity index (χ2n) is 8.73. The van der Waals surface area contributed by atoms with Gasteiger partial charge in [0, 0.05) is 32.9 Å². The van der Waals surface area contributed by atoms with Gasteiger partial charge in [-0.15, -0.1) is 0 Å². The number of hydrogen-bond donors (Lipinski definition) is 3. The number of carbonyl (C=O) groups excluding carboxylic acids is 2. The number of hydrogen-bond acceptors (Lipinski definition) is 4. The van der Waals surface area contributed by atoms with Gasteiger partial charge in [0.05, 0.1) is 0 Å². The zero-order valence-corrected chi connectivity index (χ0v) is 19.3. The summed E-state index contributed by atoms with van der Waals surface area (Å²) in [5, 5.41) is 9.25. The standard InChI is InChI=1S/C22H37N5O3/c1-16(2)14-24-20(25-15-19(28)27(6)7)23-13-12-17-8-10-18(11-9-17)26-21(29)30-22(3,4)5/h8-11,16H,12-15H2,1-7H3,(H,26,29)(H2,23,24,25). The molecule has 0 aliphatic rings. The molecule has 0 saturated carbocycles. The smallest absolute Gasteiger partial charge is 0.412 e. The van der Waals surface area contributed by atoms with Crippen LogP contribution in [0.5, 0.6) is 0 Å². The van der Waals surface area contributed by atoms with E-state index >= 15 is 0 Å². The molecule has 0 fully saturated rings. The molecule has 0 unspecified atom stereocenters. The molecule has 3 N–H and O–H groups in total. The fourth-order valence-electron chi connectivity index (χ4n) is 2.26. The van der Waals surface area contributed by atoms with E-state index in [1.54, 1.807) is 14.1 Å². The second-order valence-corrected chi connectivity index (χ2v) is 8.73. The van der Waals surface area contributed by atoms with Crippen molar-refractivity contribution >= 4 is 23.6 Å². The van der Waals surface area contributed by atoms with Gasteiger partial charge in [0.2, 0.25) is 5.91 Å². The summed E-state index contributed by atoms with van der Waals surface area (Å²) in [5.41, 5.74) is 1.27. The predicted octanol–water partition coefficient (Wildman–Crippen LogP) is 2.86. The zero-order valence-electron chi connectivity index (χ0n) is 19.3. The molecule has 1 aromatic rings. The van der Waals surface area contributed by atoms with E-state index in [2.05, 4.69) is 34.8 Å². The Labute approximate surface area is 180 Å². The van der Waals surface area contributed by atoms with Crippen LogP contribution >= 0.6 is 0 Å². The van der Waals surface area contributed by atoms with Crippen molar-refractivity contribution < 1.29 is 14.3 Å². The van der Waals surface area contributed by atoms with Gasteiger partial charge in [-0.2, -0.15) is 0 Å². The van der Waals surface area contributed by atoms with Gasteiger partial charge in [0.25, 0.3) is 0 Å². The topological polar surface area (TPSA) is 95.1 Å². The highest BCUT2D eigenvalue weighted by molar-refractivity contribution is 5.85. The van der Waals surface area contributed by atoms with Crippen LogP contribution in [0.1, 0.15) is 40.2 Å². The molecule has 1 aromatic carbocycles. The van der Waals surface area contributed by atoms with Gasteiger partial charge in [0.1, 0.15) is 12.1 Å². The van der Waals surface area contributed by atoms with Crippen molar-refractivity contribution in [3.8, 4) is 0 Å². The highest BCUT2D eigenvalue weighted by Crippen LogP contribution is 2.13. The summed E-state index contributed by atoms with van der Waals surface area (Å²) in [6.07, 6.45) is 0.303. The summed E-state index contributed by atoms with van der Waals surface area (Å²) in [4.78, 5) is 29.5. The number of carbonyl (C=O) groups is 2. The minimum atomic E-state index is -0.532. The number of amides is 2. The normalized spacial score (nSPS) is 11.8. The molecule has 0 atom stereocenters. The van der Waals surface area contributed by atoms with Crippen LogP contribution in [0.4, 0.5) is 10.5 Å². The Balaban J connectivity index is 2.56. The first-order chi connectivity index (χ1) is 14.0. The Bertz CT molecular complexity index is 706. The van der Waals surface area contributed by atoms with Gasteiger partial charge in [-0.1, -0.05) is 26.0 Å². The van der Waals surface area contributed by atoms with Crippen molar-refractivity contribution in [2.24, 2.45) is 10.9 Å². The van der Waals surface area contributed by atoms with Gasteiger partial charge in [-0.3, -0.25) is 10.1 Å². The van der Waals surface area contributed by atoms with Crippen LogP contribution in [0.2, 0.25) is 0 Å². The summed E-state index contributed by atoms with van der Waals surface area (Å²) in [7, 11) is 3.43. The Morgan fingerprint density at radius 2 is 1.73 bits per heavy atom. The van der Waals surface area contributed by atoms with E-state index in [4.69, 9.17) is 4.74 Å². The molecule has 0 bridgehead atoms. The molecule has 8 heteroatoms. The monoisotopic (exact) mass is 419 g/mol. The van der Waals surface area contributed by atoms with Crippen molar-refractivity contribution in [1.29, 1.82) is 0 Å². The van der Waals surface area contributed by atoms with Gasteiger partial charge < -0.3 is 20.3 Å². The van der Waals surface area contributed by atoms with E-state index < -0.39 is 11.7 Å². The number of rotatable bonds is 8. The number of ether oxygens (including phenoxy) is 1. The van der Waals surface area contributed by atoms with Crippen molar-refractivity contribution in [1.82, 2.24) is 15.5 Å². The number of nitrogens with one attached hydrogen (secondary N) is 3. The van der Waals surface area contributed by atoms with Crippen molar-refractivity contribution in [2.45, 2.75) is 46.6 Å². The highest BCUT2D eigenvalue weighted by atomic mass is 16.6.